The number of halogens is 1. The molecule has 0 radical (unpaired) electrons. The minimum absolute atomic E-state index is 0.0170. The molecular formula is C31H35FN4O9S. The molecule has 2 aliphatic heterocycles. The Bertz CT molecular complexity index is 1700. The zero-order valence-electron chi connectivity index (χ0n) is 25.5. The fraction of sp³-hybridized carbons (Fsp3) is 0.355. The third kappa shape index (κ3) is 7.02. The molecule has 0 spiro atoms. The number of anilines is 2. The fourth-order valence-electron chi connectivity index (χ4n) is 5.28. The van der Waals surface area contributed by atoms with Crippen LogP contribution in [0.15, 0.2) is 59.5 Å². The number of rotatable bonds is 9. The summed E-state index contributed by atoms with van der Waals surface area (Å²) in [5.41, 5.74) is 0.724. The second-order valence-electron chi connectivity index (χ2n) is 10.9. The Hall–Kier alpha value is -4.44. The number of amides is 3. The van der Waals surface area contributed by atoms with Crippen LogP contribution in [0.5, 0.6) is 17.2 Å². The largest absolute Gasteiger partial charge is 0.497 e. The van der Waals surface area contributed by atoms with Crippen molar-refractivity contribution in [2.75, 3.05) is 57.8 Å². The van der Waals surface area contributed by atoms with E-state index < -0.39 is 39.8 Å². The molecule has 3 amide bonds. The minimum atomic E-state index is -3.95. The van der Waals surface area contributed by atoms with Crippen molar-refractivity contribution in [3.63, 3.8) is 0 Å². The van der Waals surface area contributed by atoms with E-state index in [9.17, 15) is 27.5 Å². The van der Waals surface area contributed by atoms with Crippen LogP contribution in [0, 0.1) is 11.7 Å². The smallest absolute Gasteiger partial charge is 0.323 e. The molecule has 2 atom stereocenters. The summed E-state index contributed by atoms with van der Waals surface area (Å²) < 4.78 is 64.6. The predicted octanol–water partition coefficient (Wildman–Crippen LogP) is 3.50. The van der Waals surface area contributed by atoms with Gasteiger partial charge in [0.15, 0.2) is 18.3 Å². The lowest BCUT2D eigenvalue weighted by atomic mass is 10.0. The summed E-state index contributed by atoms with van der Waals surface area (Å²) in [5.74, 6) is -0.652. The summed E-state index contributed by atoms with van der Waals surface area (Å²) in [7, 11) is -1.04. The lowest BCUT2D eigenvalue weighted by Crippen LogP contribution is -2.48. The number of aliphatic hydroxyl groups is 1. The number of ether oxygens (including phenoxy) is 4. The molecule has 0 bridgehead atoms. The van der Waals surface area contributed by atoms with Crippen molar-refractivity contribution < 1.29 is 46.5 Å². The minimum Gasteiger partial charge on any atom is -0.497 e. The van der Waals surface area contributed by atoms with E-state index in [4.69, 9.17) is 18.9 Å². The molecule has 246 valence electrons. The Balaban J connectivity index is 1.44. The van der Waals surface area contributed by atoms with E-state index in [0.717, 1.165) is 10.4 Å². The van der Waals surface area contributed by atoms with Gasteiger partial charge in [0, 0.05) is 37.7 Å². The Morgan fingerprint density at radius 3 is 2.59 bits per heavy atom. The van der Waals surface area contributed by atoms with Gasteiger partial charge < -0.3 is 39.6 Å². The van der Waals surface area contributed by atoms with Crippen molar-refractivity contribution in [2.24, 2.45) is 5.92 Å². The molecule has 13 nitrogen and oxygen atoms in total. The zero-order chi connectivity index (χ0) is 33.0. The number of nitrogens with one attached hydrogen (secondary N) is 2. The zero-order valence-corrected chi connectivity index (χ0v) is 26.3. The van der Waals surface area contributed by atoms with Crippen molar-refractivity contribution in [3.8, 4) is 17.2 Å². The Labute approximate surface area is 265 Å². The number of urea groups is 1. The summed E-state index contributed by atoms with van der Waals surface area (Å²) in [6.45, 7) is 1.65. The van der Waals surface area contributed by atoms with E-state index in [0.29, 0.717) is 11.3 Å². The first-order valence-electron chi connectivity index (χ1n) is 14.4. The van der Waals surface area contributed by atoms with Gasteiger partial charge in [-0.25, -0.2) is 17.6 Å². The highest BCUT2D eigenvalue weighted by molar-refractivity contribution is 7.89. The Morgan fingerprint density at radius 1 is 1.13 bits per heavy atom. The van der Waals surface area contributed by atoms with Crippen molar-refractivity contribution >= 4 is 33.3 Å². The molecule has 0 aromatic heterocycles. The van der Waals surface area contributed by atoms with Crippen LogP contribution >= 0.6 is 0 Å². The highest BCUT2D eigenvalue weighted by atomic mass is 32.2. The molecule has 3 aromatic rings. The Morgan fingerprint density at radius 2 is 1.87 bits per heavy atom. The van der Waals surface area contributed by atoms with Crippen LogP contribution in [-0.4, -0.2) is 88.0 Å². The van der Waals surface area contributed by atoms with Gasteiger partial charge in [-0.2, -0.15) is 4.31 Å². The average molecular weight is 659 g/mol. The van der Waals surface area contributed by atoms with Gasteiger partial charge in [-0.3, -0.25) is 4.79 Å². The topological polar surface area (TPSA) is 156 Å². The van der Waals surface area contributed by atoms with Crippen LogP contribution in [0.25, 0.3) is 0 Å². The first kappa shape index (κ1) is 32.9. The average Bonchev–Trinajstić information content (AvgIpc) is 3.03. The molecule has 1 unspecified atom stereocenters. The standard InChI is InChI=1S/C31H35FN4O9S/c1-19-15-36(11-12-37)30(38)24-5-4-6-25(33-31(39)34-26-14-21(32)13-20-17-43-18-44-28(20)26)29(24)45-27(19)16-35(2)46(40,41)23-9-7-22(42-3)8-10-23/h4-10,13-14,19,27,37H,11-12,15-18H2,1-3H3,(H2,33,34,39)/t19?,27-/m0/s1. The quantitative estimate of drug-likeness (QED) is 0.313. The molecular weight excluding hydrogens is 623 g/mol. The number of hydrogen-bond donors (Lipinski definition) is 3. The maximum atomic E-state index is 14.3. The number of sulfonamides is 1. The number of para-hydroxylation sites is 1. The lowest BCUT2D eigenvalue weighted by molar-refractivity contribution is -0.0160. The van der Waals surface area contributed by atoms with Crippen LogP contribution in [0.3, 0.4) is 0 Å². The van der Waals surface area contributed by atoms with Crippen LogP contribution in [0.4, 0.5) is 20.6 Å². The summed E-state index contributed by atoms with van der Waals surface area (Å²) in [4.78, 5) is 28.3. The van der Waals surface area contributed by atoms with Gasteiger partial charge in [0.25, 0.3) is 5.91 Å². The maximum absolute atomic E-state index is 14.3. The summed E-state index contributed by atoms with van der Waals surface area (Å²) in [6.07, 6.45) is -0.791. The van der Waals surface area contributed by atoms with E-state index in [1.54, 1.807) is 25.1 Å². The molecule has 0 saturated heterocycles. The number of nitrogens with zero attached hydrogens (tertiary/aromatic N) is 2. The highest BCUT2D eigenvalue weighted by Crippen LogP contribution is 2.36. The highest BCUT2D eigenvalue weighted by Gasteiger charge is 2.35. The van der Waals surface area contributed by atoms with Crippen molar-refractivity contribution in [3.05, 3.63) is 71.5 Å². The predicted molar refractivity (Wildman–Crippen MR) is 165 cm³/mol. The van der Waals surface area contributed by atoms with Crippen molar-refractivity contribution in [2.45, 2.75) is 24.5 Å². The van der Waals surface area contributed by atoms with Crippen LogP contribution in [0.1, 0.15) is 22.8 Å². The molecule has 0 fully saturated rings. The normalized spacial score (nSPS) is 18.0. The number of methoxy groups -OCH3 is 1. The van der Waals surface area contributed by atoms with E-state index in [2.05, 4.69) is 10.6 Å². The number of β-amino-alcohol motifs (C(OH)–C–C–N with tert-alkyl or cyclic N) is 1. The Kier molecular flexibility index (Phi) is 9.96. The number of carbonyl (C=O) groups is 2. The number of hydrogen-bond acceptors (Lipinski definition) is 9. The number of carbonyl (C=O) groups excluding carboxylic acids is 2. The fourth-order valence-corrected chi connectivity index (χ4v) is 6.46. The van der Waals surface area contributed by atoms with Crippen molar-refractivity contribution in [1.29, 1.82) is 0 Å². The number of aliphatic hydroxyl groups excluding tert-OH is 1. The molecule has 0 aliphatic carbocycles. The first-order chi connectivity index (χ1) is 22.0. The third-order valence-corrected chi connectivity index (χ3v) is 9.53. The number of likely N-dealkylation sites (N-methyl/N-ethyl adjacent to an activating group) is 1. The van der Waals surface area contributed by atoms with Gasteiger partial charge in [-0.15, -0.1) is 0 Å². The maximum Gasteiger partial charge on any atom is 0.323 e. The molecule has 2 aliphatic rings. The number of fused-ring (bicyclic) bond motifs is 2. The van der Waals surface area contributed by atoms with Crippen molar-refractivity contribution in [1.82, 2.24) is 9.21 Å². The van der Waals surface area contributed by atoms with E-state index >= 15 is 0 Å². The second kappa shape index (κ2) is 13.9. The molecule has 3 aromatic carbocycles. The molecule has 0 saturated carbocycles. The van der Waals surface area contributed by atoms with Gasteiger partial charge >= 0.3 is 6.03 Å². The first-order valence-corrected chi connectivity index (χ1v) is 15.9. The molecule has 2 heterocycles. The third-order valence-electron chi connectivity index (χ3n) is 7.69. The summed E-state index contributed by atoms with van der Waals surface area (Å²) in [6, 6.07) is 12.2. The monoisotopic (exact) mass is 658 g/mol. The van der Waals surface area contributed by atoms with Gasteiger partial charge in [-0.05, 0) is 42.5 Å². The van der Waals surface area contributed by atoms with E-state index in [1.807, 2.05) is 0 Å². The SMILES string of the molecule is COc1ccc(S(=O)(=O)N(C)C[C@@H]2Oc3c(NC(=O)Nc4cc(F)cc5c4OCOC5)cccc3C(=O)N(CCO)CC2C)cc1. The molecule has 3 N–H and O–H groups in total. The molecule has 46 heavy (non-hydrogen) atoms. The van der Waals surface area contributed by atoms with Gasteiger partial charge in [0.1, 0.15) is 17.7 Å². The van der Waals surface area contributed by atoms with Gasteiger partial charge in [0.05, 0.1) is 48.7 Å². The van der Waals surface area contributed by atoms with Crippen LogP contribution < -0.4 is 24.8 Å². The summed E-state index contributed by atoms with van der Waals surface area (Å²) >= 11 is 0. The van der Waals surface area contributed by atoms with Gasteiger partial charge in [-0.1, -0.05) is 13.0 Å². The second-order valence-corrected chi connectivity index (χ2v) is 12.9. The lowest BCUT2D eigenvalue weighted by Gasteiger charge is -2.36. The van der Waals surface area contributed by atoms with Crippen LogP contribution in [0.2, 0.25) is 0 Å². The van der Waals surface area contributed by atoms with Crippen LogP contribution in [-0.2, 0) is 21.4 Å². The molecule has 15 heteroatoms. The van der Waals surface area contributed by atoms with E-state index in [-0.39, 0.29) is 73.0 Å². The van der Waals surface area contributed by atoms with Gasteiger partial charge in [0.2, 0.25) is 10.0 Å². The summed E-state index contributed by atoms with van der Waals surface area (Å²) in [5, 5.41) is 14.9. The molecule has 5 rings (SSSR count). The van der Waals surface area contributed by atoms with E-state index in [1.165, 1.54) is 49.4 Å². The number of benzene rings is 3.